The standard InChI is InChI=1S/C25H22N2O5/c1-14-12-15(2)20-18(13-14)26-21-16(23(20)28)9-7-10-19(21)27-11-6-5-8-17(24(29)31-3)22(27)25(30)32-4/h5-13H,1-4H3,(H,26,28). The summed E-state index contributed by atoms with van der Waals surface area (Å²) < 4.78 is 9.85. The van der Waals surface area contributed by atoms with Crippen molar-refractivity contribution >= 4 is 39.4 Å². The highest BCUT2D eigenvalue weighted by molar-refractivity contribution is 6.08. The van der Waals surface area contributed by atoms with Crippen LogP contribution in [0.4, 0.5) is 5.69 Å². The van der Waals surface area contributed by atoms with Crippen molar-refractivity contribution < 1.29 is 19.1 Å². The monoisotopic (exact) mass is 430 g/mol. The van der Waals surface area contributed by atoms with Gasteiger partial charge in [-0.25, -0.2) is 9.59 Å². The quantitative estimate of drug-likeness (QED) is 0.502. The minimum atomic E-state index is -0.714. The number of allylic oxidation sites excluding steroid dienone is 2. The molecule has 0 spiro atoms. The van der Waals surface area contributed by atoms with E-state index >= 15 is 0 Å². The number of aryl methyl sites for hydroxylation is 2. The van der Waals surface area contributed by atoms with E-state index in [1.165, 1.54) is 25.2 Å². The molecule has 0 unspecified atom stereocenters. The van der Waals surface area contributed by atoms with Crippen molar-refractivity contribution in [2.45, 2.75) is 13.8 Å². The SMILES string of the molecule is COC(=O)C1=C(C(=O)OC)N(c2cccc3c(=O)c4c(C)cc(C)cc4[nH]c23)C=CC=C1. The maximum absolute atomic E-state index is 13.4. The number of hydrogen-bond donors (Lipinski definition) is 1. The second kappa shape index (κ2) is 8.19. The number of fused-ring (bicyclic) bond motifs is 2. The number of nitrogens with zero attached hydrogens (tertiary/aromatic N) is 1. The molecule has 3 aromatic rings. The summed E-state index contributed by atoms with van der Waals surface area (Å²) in [5.41, 5.74) is 3.56. The summed E-state index contributed by atoms with van der Waals surface area (Å²) in [7, 11) is 2.48. The van der Waals surface area contributed by atoms with Crippen molar-refractivity contribution in [1.29, 1.82) is 0 Å². The molecule has 0 bridgehead atoms. The first-order chi connectivity index (χ1) is 15.4. The van der Waals surface area contributed by atoms with Gasteiger partial charge in [0, 0.05) is 17.0 Å². The molecule has 0 radical (unpaired) electrons. The highest BCUT2D eigenvalue weighted by atomic mass is 16.5. The Labute approximate surface area is 184 Å². The summed E-state index contributed by atoms with van der Waals surface area (Å²) >= 11 is 0. The second-order valence-corrected chi connectivity index (χ2v) is 7.47. The van der Waals surface area contributed by atoms with Gasteiger partial charge in [-0.1, -0.05) is 18.2 Å². The molecule has 7 heteroatoms. The summed E-state index contributed by atoms with van der Waals surface area (Å²) in [5, 5.41) is 1.09. The number of rotatable bonds is 3. The maximum Gasteiger partial charge on any atom is 0.355 e. The number of ether oxygens (including phenoxy) is 2. The predicted molar refractivity (Wildman–Crippen MR) is 123 cm³/mol. The van der Waals surface area contributed by atoms with Crippen LogP contribution < -0.4 is 10.3 Å². The fourth-order valence-corrected chi connectivity index (χ4v) is 4.05. The van der Waals surface area contributed by atoms with Gasteiger partial charge in [0.2, 0.25) is 0 Å². The fourth-order valence-electron chi connectivity index (χ4n) is 4.05. The van der Waals surface area contributed by atoms with Crippen molar-refractivity contribution in [3.05, 3.63) is 87.4 Å². The molecule has 0 fully saturated rings. The van der Waals surface area contributed by atoms with Crippen LogP contribution in [0.15, 0.2) is 70.8 Å². The first-order valence-corrected chi connectivity index (χ1v) is 9.98. The number of carbonyl (C=O) groups is 2. The Kier molecular flexibility index (Phi) is 5.40. The minimum absolute atomic E-state index is 0.0155. The number of hydrogen-bond acceptors (Lipinski definition) is 6. The Bertz CT molecular complexity index is 1430. The molecule has 0 amide bonds. The molecule has 4 rings (SSSR count). The van der Waals surface area contributed by atoms with Crippen molar-refractivity contribution in [2.75, 3.05) is 19.1 Å². The van der Waals surface area contributed by atoms with Crippen molar-refractivity contribution in [3.63, 3.8) is 0 Å². The van der Waals surface area contributed by atoms with E-state index in [4.69, 9.17) is 9.47 Å². The zero-order valence-corrected chi connectivity index (χ0v) is 18.2. The Morgan fingerprint density at radius 3 is 2.47 bits per heavy atom. The van der Waals surface area contributed by atoms with Gasteiger partial charge in [-0.05, 0) is 55.3 Å². The highest BCUT2D eigenvalue weighted by Crippen LogP contribution is 2.32. The summed E-state index contributed by atoms with van der Waals surface area (Å²) in [6, 6.07) is 9.12. The number of benzene rings is 2. The topological polar surface area (TPSA) is 88.7 Å². The van der Waals surface area contributed by atoms with Crippen LogP contribution in [0.2, 0.25) is 0 Å². The molecule has 7 nitrogen and oxygen atoms in total. The number of aromatic nitrogens is 1. The van der Waals surface area contributed by atoms with Crippen LogP contribution in [0.5, 0.6) is 0 Å². The van der Waals surface area contributed by atoms with E-state index in [0.717, 1.165) is 11.1 Å². The van der Waals surface area contributed by atoms with Gasteiger partial charge in [0.15, 0.2) is 5.43 Å². The molecule has 2 heterocycles. The number of carbonyl (C=O) groups excluding carboxylic acids is 2. The van der Waals surface area contributed by atoms with Gasteiger partial charge in [-0.15, -0.1) is 0 Å². The first kappa shape index (κ1) is 21.1. The molecule has 1 aliphatic rings. The van der Waals surface area contributed by atoms with Crippen LogP contribution in [0.3, 0.4) is 0 Å². The fraction of sp³-hybridized carbons (Fsp3) is 0.160. The summed E-state index contributed by atoms with van der Waals surface area (Å²) in [4.78, 5) is 43.5. The van der Waals surface area contributed by atoms with E-state index in [-0.39, 0.29) is 16.7 Å². The number of pyridine rings is 1. The van der Waals surface area contributed by atoms with E-state index in [2.05, 4.69) is 4.98 Å². The number of para-hydroxylation sites is 1. The van der Waals surface area contributed by atoms with Crippen LogP contribution >= 0.6 is 0 Å². The van der Waals surface area contributed by atoms with Gasteiger partial charge in [0.1, 0.15) is 5.70 Å². The van der Waals surface area contributed by atoms with Crippen molar-refractivity contribution in [1.82, 2.24) is 4.98 Å². The summed E-state index contributed by atoms with van der Waals surface area (Å²) in [6.07, 6.45) is 6.44. The molecular weight excluding hydrogens is 408 g/mol. The van der Waals surface area contributed by atoms with E-state index < -0.39 is 11.9 Å². The van der Waals surface area contributed by atoms with E-state index in [0.29, 0.717) is 27.5 Å². The molecule has 0 aliphatic carbocycles. The molecule has 1 aromatic heterocycles. The summed E-state index contributed by atoms with van der Waals surface area (Å²) in [6.45, 7) is 3.87. The first-order valence-electron chi connectivity index (χ1n) is 9.98. The number of methoxy groups -OCH3 is 2. The number of nitrogens with one attached hydrogen (secondary N) is 1. The van der Waals surface area contributed by atoms with Crippen molar-refractivity contribution in [3.8, 4) is 0 Å². The molecule has 2 aromatic carbocycles. The highest BCUT2D eigenvalue weighted by Gasteiger charge is 2.28. The molecule has 0 saturated heterocycles. The smallest absolute Gasteiger partial charge is 0.355 e. The van der Waals surface area contributed by atoms with Gasteiger partial charge in [-0.2, -0.15) is 0 Å². The van der Waals surface area contributed by atoms with Gasteiger partial charge < -0.3 is 19.4 Å². The average Bonchev–Trinajstić information content (AvgIpc) is 3.00. The lowest BCUT2D eigenvalue weighted by atomic mass is 10.0. The zero-order chi connectivity index (χ0) is 23.0. The number of H-pyrrole nitrogens is 1. The van der Waals surface area contributed by atoms with Gasteiger partial charge in [0.05, 0.1) is 36.5 Å². The van der Waals surface area contributed by atoms with E-state index in [9.17, 15) is 14.4 Å². The van der Waals surface area contributed by atoms with Crippen LogP contribution in [0.1, 0.15) is 11.1 Å². The molecule has 0 saturated carbocycles. The lowest BCUT2D eigenvalue weighted by Gasteiger charge is -2.24. The third-order valence-electron chi connectivity index (χ3n) is 5.40. The molecule has 1 aliphatic heterocycles. The van der Waals surface area contributed by atoms with E-state index in [1.807, 2.05) is 26.0 Å². The molecule has 0 atom stereocenters. The lowest BCUT2D eigenvalue weighted by Crippen LogP contribution is -2.27. The molecule has 162 valence electrons. The van der Waals surface area contributed by atoms with Crippen LogP contribution in [0, 0.1) is 13.8 Å². The van der Waals surface area contributed by atoms with E-state index in [1.54, 1.807) is 36.6 Å². The minimum Gasteiger partial charge on any atom is -0.465 e. The number of esters is 2. The molecule has 32 heavy (non-hydrogen) atoms. The predicted octanol–water partition coefficient (Wildman–Crippen LogP) is 3.79. The third kappa shape index (κ3) is 3.37. The number of aromatic amines is 1. The Morgan fingerprint density at radius 2 is 1.75 bits per heavy atom. The van der Waals surface area contributed by atoms with Gasteiger partial charge in [-0.3, -0.25) is 4.79 Å². The normalized spacial score (nSPS) is 13.6. The Hall–Kier alpha value is -4.13. The van der Waals surface area contributed by atoms with Crippen molar-refractivity contribution in [2.24, 2.45) is 0 Å². The van der Waals surface area contributed by atoms with Crippen LogP contribution in [0.25, 0.3) is 21.8 Å². The molecular formula is C25H22N2O5. The summed E-state index contributed by atoms with van der Waals surface area (Å²) in [5.74, 6) is -1.39. The van der Waals surface area contributed by atoms with Crippen LogP contribution in [-0.4, -0.2) is 31.1 Å². The van der Waals surface area contributed by atoms with Gasteiger partial charge in [0.25, 0.3) is 0 Å². The number of anilines is 1. The zero-order valence-electron chi connectivity index (χ0n) is 18.2. The molecule has 1 N–H and O–H groups in total. The van der Waals surface area contributed by atoms with Gasteiger partial charge >= 0.3 is 11.9 Å². The lowest BCUT2D eigenvalue weighted by molar-refractivity contribution is -0.139. The Morgan fingerprint density at radius 1 is 1.00 bits per heavy atom. The van der Waals surface area contributed by atoms with Crippen LogP contribution in [-0.2, 0) is 19.1 Å². The average molecular weight is 430 g/mol. The second-order valence-electron chi connectivity index (χ2n) is 7.47. The maximum atomic E-state index is 13.4. The Balaban J connectivity index is 2.08. The third-order valence-corrected chi connectivity index (χ3v) is 5.40. The largest absolute Gasteiger partial charge is 0.465 e.